The van der Waals surface area contributed by atoms with E-state index in [1.165, 1.54) is 0 Å². The third-order valence-corrected chi connectivity index (χ3v) is 3.26. The van der Waals surface area contributed by atoms with Gasteiger partial charge < -0.3 is 14.2 Å². The fraction of sp³-hybridized carbons (Fsp3) is 0.571. The minimum Gasteiger partial charge on any atom is -0.496 e. The lowest BCUT2D eigenvalue weighted by Crippen LogP contribution is -2.30. The molecule has 2 rings (SSSR count). The monoisotopic (exact) mass is 236 g/mol. The second-order valence-electron chi connectivity index (χ2n) is 4.74. The maximum atomic E-state index is 5.78. The summed E-state index contributed by atoms with van der Waals surface area (Å²) in [6, 6.07) is 7.83. The zero-order chi connectivity index (χ0) is 12.3. The molecule has 0 bridgehead atoms. The molecule has 1 aliphatic rings. The summed E-state index contributed by atoms with van der Waals surface area (Å²) >= 11 is 0. The normalized spacial score (nSPS) is 24.9. The summed E-state index contributed by atoms with van der Waals surface area (Å²) in [5.41, 5.74) is 0.970. The maximum Gasteiger partial charge on any atom is 0.187 e. The molecule has 0 aromatic heterocycles. The predicted molar refractivity (Wildman–Crippen MR) is 66.0 cm³/mol. The number of benzene rings is 1. The van der Waals surface area contributed by atoms with Crippen LogP contribution in [-0.2, 0) is 9.47 Å². The Morgan fingerprint density at radius 2 is 1.82 bits per heavy atom. The Morgan fingerprint density at radius 3 is 2.41 bits per heavy atom. The van der Waals surface area contributed by atoms with Gasteiger partial charge in [-0.25, -0.2) is 0 Å². The van der Waals surface area contributed by atoms with Crippen LogP contribution in [0.15, 0.2) is 24.3 Å². The van der Waals surface area contributed by atoms with E-state index < -0.39 is 0 Å². The average Bonchev–Trinajstić information content (AvgIpc) is 2.39. The fourth-order valence-electron chi connectivity index (χ4n) is 1.94. The summed E-state index contributed by atoms with van der Waals surface area (Å²) in [4.78, 5) is 0. The molecule has 1 aromatic rings. The van der Waals surface area contributed by atoms with E-state index in [2.05, 4.69) is 13.8 Å². The van der Waals surface area contributed by atoms with E-state index in [-0.39, 0.29) is 6.29 Å². The van der Waals surface area contributed by atoms with Gasteiger partial charge in [0.15, 0.2) is 6.29 Å². The highest BCUT2D eigenvalue weighted by atomic mass is 16.7. The summed E-state index contributed by atoms with van der Waals surface area (Å²) in [5, 5.41) is 0. The summed E-state index contributed by atoms with van der Waals surface area (Å²) in [7, 11) is 1.67. The quantitative estimate of drug-likeness (QED) is 0.807. The molecule has 0 aliphatic carbocycles. The second kappa shape index (κ2) is 5.52. The number of rotatable bonds is 3. The van der Waals surface area contributed by atoms with E-state index >= 15 is 0 Å². The molecule has 0 unspecified atom stereocenters. The van der Waals surface area contributed by atoms with Gasteiger partial charge in [-0.1, -0.05) is 32.0 Å². The molecule has 0 N–H and O–H groups in total. The van der Waals surface area contributed by atoms with Crippen molar-refractivity contribution in [1.29, 1.82) is 0 Å². The van der Waals surface area contributed by atoms with Crippen molar-refractivity contribution in [2.45, 2.75) is 20.1 Å². The van der Waals surface area contributed by atoms with E-state index in [0.29, 0.717) is 11.8 Å². The van der Waals surface area contributed by atoms with Gasteiger partial charge in [0.05, 0.1) is 20.3 Å². The van der Waals surface area contributed by atoms with Crippen molar-refractivity contribution in [1.82, 2.24) is 0 Å². The van der Waals surface area contributed by atoms with Gasteiger partial charge in [-0.15, -0.1) is 0 Å². The molecule has 94 valence electrons. The molecular weight excluding hydrogens is 216 g/mol. The summed E-state index contributed by atoms with van der Waals surface area (Å²) < 4.78 is 16.9. The molecule has 0 spiro atoms. The van der Waals surface area contributed by atoms with Crippen LogP contribution < -0.4 is 4.74 Å². The van der Waals surface area contributed by atoms with Gasteiger partial charge in [0.2, 0.25) is 0 Å². The summed E-state index contributed by atoms with van der Waals surface area (Å²) in [5.74, 6) is 1.90. The molecule has 0 amide bonds. The van der Waals surface area contributed by atoms with Crippen LogP contribution in [0.25, 0.3) is 0 Å². The standard InChI is InChI=1S/C14H20O3/c1-10(2)11-8-16-14(17-9-11)12-6-4-5-7-13(12)15-3/h4-7,10-11,14H,8-9H2,1-3H3. The van der Waals surface area contributed by atoms with Crippen LogP contribution in [0, 0.1) is 11.8 Å². The fourth-order valence-corrected chi connectivity index (χ4v) is 1.94. The number of ether oxygens (including phenoxy) is 3. The van der Waals surface area contributed by atoms with Crippen LogP contribution in [0.4, 0.5) is 0 Å². The molecule has 1 aromatic carbocycles. The molecular formula is C14H20O3. The molecule has 1 heterocycles. The Balaban J connectivity index is 2.05. The molecule has 0 saturated carbocycles. The number of para-hydroxylation sites is 1. The third-order valence-electron chi connectivity index (χ3n) is 3.26. The van der Waals surface area contributed by atoms with E-state index in [4.69, 9.17) is 14.2 Å². The Kier molecular flexibility index (Phi) is 4.02. The predicted octanol–water partition coefficient (Wildman–Crippen LogP) is 3.01. The van der Waals surface area contributed by atoms with Crippen LogP contribution in [0.2, 0.25) is 0 Å². The third kappa shape index (κ3) is 2.79. The van der Waals surface area contributed by atoms with Crippen molar-refractivity contribution >= 4 is 0 Å². The lowest BCUT2D eigenvalue weighted by atomic mass is 9.97. The first-order valence-electron chi connectivity index (χ1n) is 6.08. The minimum absolute atomic E-state index is 0.291. The van der Waals surface area contributed by atoms with Crippen LogP contribution in [-0.4, -0.2) is 20.3 Å². The summed E-state index contributed by atoms with van der Waals surface area (Å²) in [6.07, 6.45) is -0.291. The smallest absolute Gasteiger partial charge is 0.187 e. The molecule has 17 heavy (non-hydrogen) atoms. The maximum absolute atomic E-state index is 5.78. The van der Waals surface area contributed by atoms with Crippen molar-refractivity contribution in [3.05, 3.63) is 29.8 Å². The summed E-state index contributed by atoms with van der Waals surface area (Å²) in [6.45, 7) is 5.89. The molecule has 0 radical (unpaired) electrons. The van der Waals surface area contributed by atoms with Crippen LogP contribution in [0.3, 0.4) is 0 Å². The molecule has 1 aliphatic heterocycles. The highest BCUT2D eigenvalue weighted by Gasteiger charge is 2.27. The largest absolute Gasteiger partial charge is 0.496 e. The Labute approximate surface area is 103 Å². The zero-order valence-corrected chi connectivity index (χ0v) is 10.7. The van der Waals surface area contributed by atoms with Gasteiger partial charge in [-0.3, -0.25) is 0 Å². The van der Waals surface area contributed by atoms with Crippen molar-refractivity contribution in [2.24, 2.45) is 11.8 Å². The Bertz CT molecular complexity index is 354. The SMILES string of the molecule is COc1ccccc1C1OCC(C(C)C)CO1. The van der Waals surface area contributed by atoms with Gasteiger partial charge in [-0.05, 0) is 12.0 Å². The molecule has 1 saturated heterocycles. The van der Waals surface area contributed by atoms with Gasteiger partial charge in [0, 0.05) is 11.5 Å². The van der Waals surface area contributed by atoms with Crippen molar-refractivity contribution in [3.8, 4) is 5.75 Å². The van der Waals surface area contributed by atoms with Gasteiger partial charge in [0.25, 0.3) is 0 Å². The molecule has 3 nitrogen and oxygen atoms in total. The van der Waals surface area contributed by atoms with E-state index in [1.807, 2.05) is 24.3 Å². The van der Waals surface area contributed by atoms with Crippen molar-refractivity contribution in [2.75, 3.05) is 20.3 Å². The van der Waals surface area contributed by atoms with Crippen LogP contribution in [0.1, 0.15) is 25.7 Å². The number of methoxy groups -OCH3 is 1. The van der Waals surface area contributed by atoms with Gasteiger partial charge in [-0.2, -0.15) is 0 Å². The van der Waals surface area contributed by atoms with Gasteiger partial charge in [0.1, 0.15) is 5.75 Å². The topological polar surface area (TPSA) is 27.7 Å². The van der Waals surface area contributed by atoms with Crippen LogP contribution >= 0.6 is 0 Å². The lowest BCUT2D eigenvalue weighted by Gasteiger charge is -2.32. The second-order valence-corrected chi connectivity index (χ2v) is 4.74. The van der Waals surface area contributed by atoms with E-state index in [1.54, 1.807) is 7.11 Å². The Hall–Kier alpha value is -1.06. The molecule has 3 heteroatoms. The van der Waals surface area contributed by atoms with E-state index in [0.717, 1.165) is 24.5 Å². The van der Waals surface area contributed by atoms with Crippen molar-refractivity contribution in [3.63, 3.8) is 0 Å². The molecule has 0 atom stereocenters. The molecule has 1 fully saturated rings. The lowest BCUT2D eigenvalue weighted by molar-refractivity contribution is -0.211. The number of hydrogen-bond acceptors (Lipinski definition) is 3. The first-order chi connectivity index (χ1) is 8.22. The Morgan fingerprint density at radius 1 is 1.18 bits per heavy atom. The zero-order valence-electron chi connectivity index (χ0n) is 10.7. The average molecular weight is 236 g/mol. The van der Waals surface area contributed by atoms with Crippen LogP contribution in [0.5, 0.6) is 5.75 Å². The first kappa shape index (κ1) is 12.4. The first-order valence-corrected chi connectivity index (χ1v) is 6.08. The van der Waals surface area contributed by atoms with Crippen molar-refractivity contribution < 1.29 is 14.2 Å². The van der Waals surface area contributed by atoms with E-state index in [9.17, 15) is 0 Å². The van der Waals surface area contributed by atoms with Gasteiger partial charge >= 0.3 is 0 Å². The number of hydrogen-bond donors (Lipinski definition) is 0. The highest BCUT2D eigenvalue weighted by Crippen LogP contribution is 2.32. The highest BCUT2D eigenvalue weighted by molar-refractivity contribution is 5.34. The minimum atomic E-state index is -0.291.